The zero-order chi connectivity index (χ0) is 24.5. The zero-order valence-corrected chi connectivity index (χ0v) is 22.2. The molecule has 8 nitrogen and oxygen atoms in total. The van der Waals surface area contributed by atoms with Crippen LogP contribution in [0.5, 0.6) is 5.88 Å². The predicted molar refractivity (Wildman–Crippen MR) is 140 cm³/mol. The number of nitrogens with zero attached hydrogens (tertiary/aromatic N) is 3. The van der Waals surface area contributed by atoms with Gasteiger partial charge in [0.05, 0.1) is 16.3 Å². The van der Waals surface area contributed by atoms with Crippen molar-refractivity contribution in [1.29, 1.82) is 0 Å². The fourth-order valence-electron chi connectivity index (χ4n) is 3.44. The van der Waals surface area contributed by atoms with E-state index in [4.69, 9.17) is 27.9 Å². The van der Waals surface area contributed by atoms with Gasteiger partial charge in [0.25, 0.3) is 11.8 Å². The van der Waals surface area contributed by atoms with Crippen LogP contribution in [0.25, 0.3) is 5.82 Å². The van der Waals surface area contributed by atoms with E-state index in [-0.39, 0.29) is 29.1 Å². The van der Waals surface area contributed by atoms with Crippen LogP contribution in [-0.2, 0) is 0 Å². The first-order valence-corrected chi connectivity index (χ1v) is 13.6. The van der Waals surface area contributed by atoms with E-state index in [1.54, 1.807) is 42.2 Å². The highest BCUT2D eigenvalue weighted by atomic mass is 79.9. The summed E-state index contributed by atoms with van der Waals surface area (Å²) in [5, 5.41) is 10.9. The van der Waals surface area contributed by atoms with Gasteiger partial charge in [-0.3, -0.25) is 9.59 Å². The molecule has 2 amide bonds. The minimum Gasteiger partial charge on any atom is -0.472 e. The molecule has 0 radical (unpaired) electrons. The smallest absolute Gasteiger partial charge is 0.274 e. The summed E-state index contributed by atoms with van der Waals surface area (Å²) >= 11 is 17.8. The second kappa shape index (κ2) is 10.4. The highest BCUT2D eigenvalue weighted by Gasteiger charge is 2.27. The lowest BCUT2D eigenvalue weighted by Crippen LogP contribution is -2.31. The molecule has 12 heteroatoms. The number of amides is 2. The standard InChI is InChI=1S/C23H20BrCl2N5O3S/c24-16-7-13(25)6-15(22(32)28-9-12-3-4-12)20(16)29-23(33)18-8-19(34-14-10-35-11-14)30-31(18)21-17(26)2-1-5-27-21/h1-2,5-8,12,14H,3-4,9-11H2,(H,28,32)(H,29,33). The second-order valence-corrected chi connectivity index (χ2v) is 11.1. The van der Waals surface area contributed by atoms with Crippen LogP contribution in [0.1, 0.15) is 33.7 Å². The Balaban J connectivity index is 1.47. The number of aromatic nitrogens is 3. The maximum absolute atomic E-state index is 13.5. The van der Waals surface area contributed by atoms with E-state index < -0.39 is 5.91 Å². The van der Waals surface area contributed by atoms with Crippen LogP contribution in [0.15, 0.2) is 41.0 Å². The van der Waals surface area contributed by atoms with Crippen molar-refractivity contribution >= 4 is 68.4 Å². The number of anilines is 1. The van der Waals surface area contributed by atoms with E-state index in [1.165, 1.54) is 10.7 Å². The molecule has 182 valence electrons. The van der Waals surface area contributed by atoms with Crippen molar-refractivity contribution in [2.75, 3.05) is 23.4 Å². The van der Waals surface area contributed by atoms with E-state index in [2.05, 4.69) is 36.6 Å². The van der Waals surface area contributed by atoms with E-state index in [0.29, 0.717) is 38.5 Å². The van der Waals surface area contributed by atoms with Crippen molar-refractivity contribution in [3.05, 3.63) is 62.3 Å². The number of benzene rings is 1. The van der Waals surface area contributed by atoms with Crippen molar-refractivity contribution in [2.45, 2.75) is 18.9 Å². The molecule has 1 aliphatic heterocycles. The lowest BCUT2D eigenvalue weighted by atomic mass is 10.1. The molecular formula is C23H20BrCl2N5O3S. The van der Waals surface area contributed by atoms with Gasteiger partial charge in [0.15, 0.2) is 5.82 Å². The molecule has 3 heterocycles. The number of nitrogens with one attached hydrogen (secondary N) is 2. The number of pyridine rings is 1. The van der Waals surface area contributed by atoms with Crippen LogP contribution >= 0.6 is 50.9 Å². The summed E-state index contributed by atoms with van der Waals surface area (Å²) in [6.45, 7) is 0.585. The zero-order valence-electron chi connectivity index (χ0n) is 18.3. The van der Waals surface area contributed by atoms with Crippen molar-refractivity contribution in [2.24, 2.45) is 5.92 Å². The van der Waals surface area contributed by atoms with Gasteiger partial charge >= 0.3 is 0 Å². The SMILES string of the molecule is O=C(NCC1CC1)c1cc(Cl)cc(Br)c1NC(=O)c1cc(OC2CSC2)nn1-c1ncccc1Cl. The Kier molecular flexibility index (Phi) is 7.24. The number of ether oxygens (including phenoxy) is 1. The fourth-order valence-corrected chi connectivity index (χ4v) is 5.11. The molecule has 0 unspecified atom stereocenters. The average molecular weight is 597 g/mol. The van der Waals surface area contributed by atoms with E-state index in [1.807, 2.05) is 0 Å². The molecule has 0 atom stereocenters. The highest BCUT2D eigenvalue weighted by Crippen LogP contribution is 2.33. The summed E-state index contributed by atoms with van der Waals surface area (Å²) < 4.78 is 7.72. The van der Waals surface area contributed by atoms with Gasteiger partial charge in [0, 0.05) is 39.8 Å². The lowest BCUT2D eigenvalue weighted by molar-refractivity contribution is 0.0952. The fraction of sp³-hybridized carbons (Fsp3) is 0.304. The molecule has 35 heavy (non-hydrogen) atoms. The van der Waals surface area contributed by atoms with Crippen LogP contribution in [0.2, 0.25) is 10.0 Å². The molecular weight excluding hydrogens is 577 g/mol. The van der Waals surface area contributed by atoms with Gasteiger partial charge in [0.1, 0.15) is 11.8 Å². The maximum atomic E-state index is 13.5. The molecule has 1 aromatic carbocycles. The molecule has 1 saturated carbocycles. The molecule has 1 saturated heterocycles. The Morgan fingerprint density at radius 2 is 2.00 bits per heavy atom. The first-order valence-electron chi connectivity index (χ1n) is 10.9. The normalized spacial score (nSPS) is 15.4. The number of rotatable bonds is 8. The van der Waals surface area contributed by atoms with Crippen LogP contribution in [-0.4, -0.2) is 50.7 Å². The van der Waals surface area contributed by atoms with Crippen molar-refractivity contribution < 1.29 is 14.3 Å². The molecule has 3 aromatic rings. The molecule has 5 rings (SSSR count). The summed E-state index contributed by atoms with van der Waals surface area (Å²) in [5.41, 5.74) is 0.701. The highest BCUT2D eigenvalue weighted by molar-refractivity contribution is 9.10. The Morgan fingerprint density at radius 3 is 2.69 bits per heavy atom. The number of hydrogen-bond acceptors (Lipinski definition) is 6. The first kappa shape index (κ1) is 24.4. The van der Waals surface area contributed by atoms with Gasteiger partial charge in [-0.25, -0.2) is 9.67 Å². The first-order chi connectivity index (χ1) is 16.9. The molecule has 2 aliphatic rings. The van der Waals surface area contributed by atoms with Crippen molar-refractivity contribution in [3.63, 3.8) is 0 Å². The summed E-state index contributed by atoms with van der Waals surface area (Å²) in [4.78, 5) is 30.7. The van der Waals surface area contributed by atoms with Crippen LogP contribution in [0, 0.1) is 5.92 Å². The topological polar surface area (TPSA) is 98.1 Å². The average Bonchev–Trinajstić information content (AvgIpc) is 3.54. The summed E-state index contributed by atoms with van der Waals surface area (Å²) in [6, 6.07) is 8.04. The Morgan fingerprint density at radius 1 is 1.20 bits per heavy atom. The van der Waals surface area contributed by atoms with E-state index in [9.17, 15) is 9.59 Å². The van der Waals surface area contributed by atoms with E-state index in [0.717, 1.165) is 24.3 Å². The van der Waals surface area contributed by atoms with Crippen LogP contribution < -0.4 is 15.4 Å². The third-order valence-corrected chi connectivity index (χ3v) is 7.89. The molecule has 0 spiro atoms. The van der Waals surface area contributed by atoms with Crippen LogP contribution in [0.3, 0.4) is 0 Å². The minimum absolute atomic E-state index is 0.0330. The molecule has 0 bridgehead atoms. The molecule has 2 aromatic heterocycles. The van der Waals surface area contributed by atoms with Crippen LogP contribution in [0.4, 0.5) is 5.69 Å². The quantitative estimate of drug-likeness (QED) is 0.370. The minimum atomic E-state index is -0.517. The Bertz CT molecular complexity index is 1300. The summed E-state index contributed by atoms with van der Waals surface area (Å²) in [6.07, 6.45) is 3.80. The van der Waals surface area contributed by atoms with Gasteiger partial charge < -0.3 is 15.4 Å². The summed E-state index contributed by atoms with van der Waals surface area (Å²) in [5.74, 6) is 1.96. The van der Waals surface area contributed by atoms with Crippen molar-refractivity contribution in [1.82, 2.24) is 20.1 Å². The number of thioether (sulfide) groups is 1. The Labute approximate surface area is 224 Å². The van der Waals surface area contributed by atoms with Gasteiger partial charge in [-0.05, 0) is 59.0 Å². The lowest BCUT2D eigenvalue weighted by Gasteiger charge is -2.24. The number of carbonyl (C=O) groups excluding carboxylic acids is 2. The summed E-state index contributed by atoms with van der Waals surface area (Å²) in [7, 11) is 0. The van der Waals surface area contributed by atoms with Gasteiger partial charge in [-0.1, -0.05) is 23.2 Å². The number of halogens is 3. The number of carbonyl (C=O) groups is 2. The molecule has 2 N–H and O–H groups in total. The van der Waals surface area contributed by atoms with Gasteiger partial charge in [-0.15, -0.1) is 5.10 Å². The predicted octanol–water partition coefficient (Wildman–Crippen LogP) is 5.22. The van der Waals surface area contributed by atoms with E-state index >= 15 is 0 Å². The van der Waals surface area contributed by atoms with Gasteiger partial charge in [-0.2, -0.15) is 11.8 Å². The second-order valence-electron chi connectivity index (χ2n) is 8.28. The van der Waals surface area contributed by atoms with Crippen molar-refractivity contribution in [3.8, 4) is 11.7 Å². The maximum Gasteiger partial charge on any atom is 0.274 e. The Hall–Kier alpha value is -2.27. The van der Waals surface area contributed by atoms with Gasteiger partial charge in [0.2, 0.25) is 5.88 Å². The largest absolute Gasteiger partial charge is 0.472 e. The molecule has 1 aliphatic carbocycles. The monoisotopic (exact) mass is 595 g/mol. The third-order valence-electron chi connectivity index (χ3n) is 5.54. The molecule has 2 fully saturated rings. The number of hydrogen-bond donors (Lipinski definition) is 2. The third kappa shape index (κ3) is 5.61.